The molecule has 0 saturated heterocycles. The number of nitrogens with zero attached hydrogens (tertiary/aromatic N) is 2. The number of carbonyl (C=O) groups excluding carboxylic acids is 1. The van der Waals surface area contributed by atoms with Gasteiger partial charge in [-0.1, -0.05) is 42.5 Å². The number of sulfonamides is 1. The normalized spacial score (nSPS) is 12.7. The van der Waals surface area contributed by atoms with Crippen LogP contribution in [0.5, 0.6) is 0 Å². The van der Waals surface area contributed by atoms with Gasteiger partial charge in [-0.3, -0.25) is 9.59 Å². The molecule has 0 aliphatic rings. The van der Waals surface area contributed by atoms with Gasteiger partial charge in [0.05, 0.1) is 16.7 Å². The monoisotopic (exact) mass is 444 g/mol. The van der Waals surface area contributed by atoms with Crippen LogP contribution >= 0.6 is 0 Å². The summed E-state index contributed by atoms with van der Waals surface area (Å²) in [6, 6.07) is 14.4. The van der Waals surface area contributed by atoms with E-state index in [4.69, 9.17) is 0 Å². The van der Waals surface area contributed by atoms with Crippen LogP contribution in [0.2, 0.25) is 0 Å². The van der Waals surface area contributed by atoms with Gasteiger partial charge in [0.25, 0.3) is 5.56 Å². The maximum Gasteiger partial charge on any atom is 0.329 e. The van der Waals surface area contributed by atoms with Crippen LogP contribution in [0.3, 0.4) is 0 Å². The molecule has 164 valence electrons. The third-order valence-electron chi connectivity index (χ3n) is 4.94. The maximum atomic E-state index is 13.1. The van der Waals surface area contributed by atoms with E-state index in [1.807, 2.05) is 6.07 Å². The standard InChI is InChI=1S/C21H24N4O5S/c1-24(2)31(29,30)13-12-22-19(26)18(14-15-8-4-3-5-9-15)25-20(27)16-10-6-7-11-17(16)23-21(25)28/h3-11,18H,12-14H2,1-2H3,(H,22,26)(H,23,28)/t18-/m0/s1. The molecule has 0 saturated carbocycles. The van der Waals surface area contributed by atoms with Gasteiger partial charge in [0.15, 0.2) is 0 Å². The molecule has 1 amide bonds. The Kier molecular flexibility index (Phi) is 6.71. The minimum absolute atomic E-state index is 0.0917. The number of hydrogen-bond donors (Lipinski definition) is 2. The first-order valence-corrected chi connectivity index (χ1v) is 11.3. The third kappa shape index (κ3) is 5.09. The largest absolute Gasteiger partial charge is 0.353 e. The van der Waals surface area contributed by atoms with Gasteiger partial charge < -0.3 is 10.3 Å². The summed E-state index contributed by atoms with van der Waals surface area (Å²) in [6.07, 6.45) is 0.0917. The highest BCUT2D eigenvalue weighted by Gasteiger charge is 2.26. The first kappa shape index (κ1) is 22.4. The lowest BCUT2D eigenvalue weighted by Gasteiger charge is -2.20. The summed E-state index contributed by atoms with van der Waals surface area (Å²) in [5, 5.41) is 2.84. The predicted octanol–water partition coefficient (Wildman–Crippen LogP) is 0.481. The Labute approximate surface area is 179 Å². The van der Waals surface area contributed by atoms with Crippen molar-refractivity contribution in [1.29, 1.82) is 0 Å². The quantitative estimate of drug-likeness (QED) is 0.524. The summed E-state index contributed by atoms with van der Waals surface area (Å²) in [7, 11) is -0.693. The molecule has 0 aliphatic heterocycles. The van der Waals surface area contributed by atoms with Crippen molar-refractivity contribution >= 4 is 26.8 Å². The molecule has 2 aromatic carbocycles. The van der Waals surface area contributed by atoms with Gasteiger partial charge in [0.1, 0.15) is 6.04 Å². The first-order chi connectivity index (χ1) is 14.7. The molecule has 1 aromatic heterocycles. The molecule has 2 N–H and O–H groups in total. The van der Waals surface area contributed by atoms with Crippen molar-refractivity contribution in [3.8, 4) is 0 Å². The Morgan fingerprint density at radius 1 is 1.06 bits per heavy atom. The summed E-state index contributed by atoms with van der Waals surface area (Å²) >= 11 is 0. The molecule has 0 aliphatic carbocycles. The average molecular weight is 445 g/mol. The minimum Gasteiger partial charge on any atom is -0.353 e. The van der Waals surface area contributed by atoms with E-state index in [1.54, 1.807) is 48.5 Å². The lowest BCUT2D eigenvalue weighted by molar-refractivity contribution is -0.124. The summed E-state index contributed by atoms with van der Waals surface area (Å²) < 4.78 is 25.9. The van der Waals surface area contributed by atoms with Crippen molar-refractivity contribution in [2.45, 2.75) is 12.5 Å². The van der Waals surface area contributed by atoms with Crippen LogP contribution in [0, 0.1) is 0 Å². The number of para-hydroxylation sites is 1. The lowest BCUT2D eigenvalue weighted by Crippen LogP contribution is -2.46. The van der Waals surface area contributed by atoms with Gasteiger partial charge in [-0.05, 0) is 17.7 Å². The summed E-state index contributed by atoms with van der Waals surface area (Å²) in [5.74, 6) is -0.909. The van der Waals surface area contributed by atoms with Gasteiger partial charge in [0.2, 0.25) is 15.9 Å². The van der Waals surface area contributed by atoms with Crippen LogP contribution in [0.25, 0.3) is 10.9 Å². The molecule has 0 bridgehead atoms. The van der Waals surface area contributed by atoms with E-state index in [0.29, 0.717) is 5.52 Å². The summed E-state index contributed by atoms with van der Waals surface area (Å²) in [4.78, 5) is 41.5. The number of hydrogen-bond acceptors (Lipinski definition) is 5. The third-order valence-corrected chi connectivity index (χ3v) is 6.77. The molecule has 1 heterocycles. The van der Waals surface area contributed by atoms with Crippen molar-refractivity contribution in [3.63, 3.8) is 0 Å². The Hall–Kier alpha value is -3.24. The topological polar surface area (TPSA) is 121 Å². The molecule has 0 fully saturated rings. The van der Waals surface area contributed by atoms with Gasteiger partial charge in [0, 0.05) is 27.1 Å². The molecular weight excluding hydrogens is 420 g/mol. The zero-order chi connectivity index (χ0) is 22.6. The van der Waals surface area contributed by atoms with Crippen molar-refractivity contribution in [2.75, 3.05) is 26.4 Å². The molecule has 0 radical (unpaired) electrons. The van der Waals surface area contributed by atoms with Crippen molar-refractivity contribution in [2.24, 2.45) is 0 Å². The van der Waals surface area contributed by atoms with E-state index in [-0.39, 0.29) is 24.1 Å². The fraction of sp³-hybridized carbons (Fsp3) is 0.286. The number of aromatic nitrogens is 2. The van der Waals surface area contributed by atoms with Crippen LogP contribution < -0.4 is 16.6 Å². The highest BCUT2D eigenvalue weighted by Crippen LogP contribution is 2.13. The van der Waals surface area contributed by atoms with Gasteiger partial charge >= 0.3 is 5.69 Å². The maximum absolute atomic E-state index is 13.1. The number of H-pyrrole nitrogens is 1. The molecule has 1 atom stereocenters. The van der Waals surface area contributed by atoms with E-state index in [0.717, 1.165) is 14.4 Å². The second-order valence-corrected chi connectivity index (χ2v) is 9.55. The average Bonchev–Trinajstić information content (AvgIpc) is 2.73. The minimum atomic E-state index is -3.51. The Bertz CT molecular complexity index is 1300. The van der Waals surface area contributed by atoms with Crippen molar-refractivity contribution in [1.82, 2.24) is 19.2 Å². The van der Waals surface area contributed by atoms with Crippen LogP contribution in [-0.2, 0) is 21.2 Å². The fourth-order valence-corrected chi connectivity index (χ4v) is 3.93. The van der Waals surface area contributed by atoms with Crippen LogP contribution in [0.4, 0.5) is 0 Å². The second kappa shape index (κ2) is 9.27. The Morgan fingerprint density at radius 3 is 2.39 bits per heavy atom. The van der Waals surface area contributed by atoms with E-state index in [1.165, 1.54) is 14.1 Å². The number of benzene rings is 2. The summed E-state index contributed by atoms with van der Waals surface area (Å²) in [6.45, 7) is -0.148. The van der Waals surface area contributed by atoms with E-state index in [9.17, 15) is 22.8 Å². The van der Waals surface area contributed by atoms with Crippen LogP contribution in [-0.4, -0.2) is 54.6 Å². The van der Waals surface area contributed by atoms with Crippen molar-refractivity contribution in [3.05, 3.63) is 81.0 Å². The Morgan fingerprint density at radius 2 is 1.71 bits per heavy atom. The van der Waals surface area contributed by atoms with Gasteiger partial charge in [-0.2, -0.15) is 0 Å². The zero-order valence-corrected chi connectivity index (χ0v) is 18.1. The zero-order valence-electron chi connectivity index (χ0n) is 17.2. The van der Waals surface area contributed by atoms with E-state index < -0.39 is 33.2 Å². The molecule has 10 heteroatoms. The SMILES string of the molecule is CN(C)S(=O)(=O)CCNC(=O)[C@H](Cc1ccccc1)n1c(=O)[nH]c2ccccc2c1=O. The van der Waals surface area contributed by atoms with Crippen LogP contribution in [0.15, 0.2) is 64.2 Å². The summed E-state index contributed by atoms with van der Waals surface area (Å²) in [5.41, 5.74) is -0.162. The van der Waals surface area contributed by atoms with Gasteiger partial charge in [-0.25, -0.2) is 22.1 Å². The molecule has 31 heavy (non-hydrogen) atoms. The Balaban J connectivity index is 1.98. The number of nitrogens with one attached hydrogen (secondary N) is 2. The highest BCUT2D eigenvalue weighted by molar-refractivity contribution is 7.89. The fourth-order valence-electron chi connectivity index (χ4n) is 3.20. The van der Waals surface area contributed by atoms with Crippen LogP contribution in [0.1, 0.15) is 11.6 Å². The van der Waals surface area contributed by atoms with Gasteiger partial charge in [-0.15, -0.1) is 0 Å². The molecule has 3 rings (SSSR count). The molecule has 0 spiro atoms. The smallest absolute Gasteiger partial charge is 0.329 e. The predicted molar refractivity (Wildman–Crippen MR) is 118 cm³/mol. The van der Waals surface area contributed by atoms with E-state index in [2.05, 4.69) is 10.3 Å². The number of aromatic amines is 1. The molecule has 0 unspecified atom stereocenters. The lowest BCUT2D eigenvalue weighted by atomic mass is 10.0. The molecule has 9 nitrogen and oxygen atoms in total. The highest BCUT2D eigenvalue weighted by atomic mass is 32.2. The number of fused-ring (bicyclic) bond motifs is 1. The molecule has 3 aromatic rings. The number of carbonyl (C=O) groups is 1. The van der Waals surface area contributed by atoms with E-state index >= 15 is 0 Å². The number of rotatable bonds is 8. The molecular formula is C21H24N4O5S. The second-order valence-electron chi connectivity index (χ2n) is 7.25. The number of amides is 1. The van der Waals surface area contributed by atoms with Crippen molar-refractivity contribution < 1.29 is 13.2 Å². The first-order valence-electron chi connectivity index (χ1n) is 9.66.